The van der Waals surface area contributed by atoms with Crippen LogP contribution in [0.3, 0.4) is 0 Å². The number of hydrogen-bond donors (Lipinski definition) is 1. The van der Waals surface area contributed by atoms with Gasteiger partial charge in [-0.25, -0.2) is 13.6 Å². The van der Waals surface area contributed by atoms with Gasteiger partial charge >= 0.3 is 5.97 Å². The average Bonchev–Trinajstić information content (AvgIpc) is 3.52. The van der Waals surface area contributed by atoms with E-state index in [1.165, 1.54) is 12.1 Å². The van der Waals surface area contributed by atoms with Gasteiger partial charge in [-0.15, -0.1) is 0 Å². The summed E-state index contributed by atoms with van der Waals surface area (Å²) in [5.74, 6) is -0.660. The number of aromatic nitrogens is 1. The number of ketones is 1. The maximum absolute atomic E-state index is 12.8. The van der Waals surface area contributed by atoms with E-state index in [0.29, 0.717) is 29.8 Å². The monoisotopic (exact) mass is 452 g/mol. The number of nitrogens with two attached hydrogens (primary N) is 1. The first-order chi connectivity index (χ1) is 15.1. The van der Waals surface area contributed by atoms with Gasteiger partial charge in [0.15, 0.2) is 6.61 Å². The molecule has 0 amide bonds. The van der Waals surface area contributed by atoms with Crippen LogP contribution in [-0.2, 0) is 25.0 Å². The number of esters is 1. The zero-order valence-corrected chi connectivity index (χ0v) is 18.7. The van der Waals surface area contributed by atoms with Crippen molar-refractivity contribution < 1.29 is 22.7 Å². The molecule has 0 atom stereocenters. The fourth-order valence-electron chi connectivity index (χ4n) is 4.07. The Morgan fingerprint density at radius 1 is 1.03 bits per heavy atom. The molecule has 1 aromatic heterocycles. The normalized spacial score (nSPS) is 14.7. The van der Waals surface area contributed by atoms with Crippen molar-refractivity contribution in [2.45, 2.75) is 37.0 Å². The van der Waals surface area contributed by atoms with Gasteiger partial charge in [0.25, 0.3) is 0 Å². The van der Waals surface area contributed by atoms with Gasteiger partial charge in [-0.05, 0) is 62.6 Å². The number of carbonyl (C=O) groups is 2. The first-order valence-electron chi connectivity index (χ1n) is 10.2. The van der Waals surface area contributed by atoms with Crippen molar-refractivity contribution in [1.29, 1.82) is 0 Å². The number of nitrogens with zero attached hydrogens (tertiary/aromatic N) is 1. The highest BCUT2D eigenvalue weighted by Gasteiger charge is 2.52. The summed E-state index contributed by atoms with van der Waals surface area (Å²) in [6, 6.07) is 17.3. The van der Waals surface area contributed by atoms with E-state index in [1.54, 1.807) is 25.1 Å². The van der Waals surface area contributed by atoms with E-state index >= 15 is 0 Å². The summed E-state index contributed by atoms with van der Waals surface area (Å²) in [5, 5.41) is 5.16. The molecule has 1 fully saturated rings. The molecule has 8 heteroatoms. The zero-order chi connectivity index (χ0) is 23.1. The topological polar surface area (TPSA) is 108 Å². The standard InChI is InChI=1S/C24H24N2O5S/c1-16-14-21(17(2)26(16)19-8-10-20(11-9-19)32(25,29)30)22(27)15-31-23(28)24(12-13-24)18-6-4-3-5-7-18/h3-11,14H,12-13,15H2,1-2H3,(H2,25,29,30). The summed E-state index contributed by atoms with van der Waals surface area (Å²) in [7, 11) is -3.78. The van der Waals surface area contributed by atoms with Crippen molar-refractivity contribution in [2.75, 3.05) is 6.61 Å². The van der Waals surface area contributed by atoms with E-state index in [1.807, 2.05) is 41.8 Å². The molecule has 1 saturated carbocycles. The predicted octanol–water partition coefficient (Wildman–Crippen LogP) is 3.20. The average molecular weight is 453 g/mol. The van der Waals surface area contributed by atoms with E-state index in [0.717, 1.165) is 11.3 Å². The second-order valence-corrected chi connectivity index (χ2v) is 9.67. The Bertz CT molecular complexity index is 1290. The lowest BCUT2D eigenvalue weighted by Crippen LogP contribution is -2.26. The number of sulfonamides is 1. The fourth-order valence-corrected chi connectivity index (χ4v) is 4.58. The van der Waals surface area contributed by atoms with Crippen LogP contribution in [-0.4, -0.2) is 31.3 Å². The quantitative estimate of drug-likeness (QED) is 0.437. The van der Waals surface area contributed by atoms with Gasteiger partial charge in [0, 0.05) is 22.6 Å². The lowest BCUT2D eigenvalue weighted by Gasteiger charge is -2.14. The summed E-state index contributed by atoms with van der Waals surface area (Å²) in [5.41, 5.74) is 2.90. The zero-order valence-electron chi connectivity index (χ0n) is 17.9. The summed E-state index contributed by atoms with van der Waals surface area (Å²) in [6.07, 6.45) is 1.43. The Hall–Kier alpha value is -3.23. The molecule has 0 unspecified atom stereocenters. The Kier molecular flexibility index (Phi) is 5.52. The number of benzene rings is 2. The van der Waals surface area contributed by atoms with Crippen molar-refractivity contribution >= 4 is 21.8 Å². The molecule has 2 aromatic carbocycles. The predicted molar refractivity (Wildman–Crippen MR) is 119 cm³/mol. The molecule has 1 heterocycles. The van der Waals surface area contributed by atoms with Gasteiger partial charge in [-0.3, -0.25) is 9.59 Å². The molecule has 0 bridgehead atoms. The van der Waals surface area contributed by atoms with E-state index in [9.17, 15) is 18.0 Å². The molecule has 1 aliphatic carbocycles. The van der Waals surface area contributed by atoms with Crippen molar-refractivity contribution in [3.05, 3.63) is 83.2 Å². The van der Waals surface area contributed by atoms with Gasteiger partial charge in [0.2, 0.25) is 15.8 Å². The van der Waals surface area contributed by atoms with E-state index in [4.69, 9.17) is 9.88 Å². The van der Waals surface area contributed by atoms with Crippen LogP contribution in [0, 0.1) is 13.8 Å². The van der Waals surface area contributed by atoms with Crippen LogP contribution >= 0.6 is 0 Å². The van der Waals surface area contributed by atoms with Crippen molar-refractivity contribution in [3.8, 4) is 5.69 Å². The summed E-state index contributed by atoms with van der Waals surface area (Å²) in [4.78, 5) is 25.6. The molecule has 0 aliphatic heterocycles. The van der Waals surface area contributed by atoms with Gasteiger partial charge in [-0.1, -0.05) is 30.3 Å². The molecule has 0 saturated heterocycles. The number of aryl methyl sites for hydroxylation is 1. The highest BCUT2D eigenvalue weighted by molar-refractivity contribution is 7.89. The number of rotatable bonds is 7. The minimum absolute atomic E-state index is 0.0133. The summed E-state index contributed by atoms with van der Waals surface area (Å²) < 4.78 is 30.2. The first kappa shape index (κ1) is 22.0. The third-order valence-electron chi connectivity index (χ3n) is 5.96. The van der Waals surface area contributed by atoms with Crippen LogP contribution in [0.4, 0.5) is 0 Å². The van der Waals surface area contributed by atoms with Crippen molar-refractivity contribution in [1.82, 2.24) is 4.57 Å². The minimum atomic E-state index is -3.78. The van der Waals surface area contributed by atoms with Crippen LogP contribution in [0.25, 0.3) is 5.69 Å². The smallest absolute Gasteiger partial charge is 0.317 e. The van der Waals surface area contributed by atoms with Gasteiger partial charge in [0.05, 0.1) is 10.3 Å². The summed E-state index contributed by atoms with van der Waals surface area (Å²) >= 11 is 0. The Morgan fingerprint density at radius 3 is 2.22 bits per heavy atom. The molecule has 0 radical (unpaired) electrons. The maximum Gasteiger partial charge on any atom is 0.317 e. The Morgan fingerprint density at radius 2 is 1.66 bits per heavy atom. The molecule has 4 rings (SSSR count). The van der Waals surface area contributed by atoms with Crippen molar-refractivity contribution in [2.24, 2.45) is 5.14 Å². The first-order valence-corrected chi connectivity index (χ1v) is 11.8. The minimum Gasteiger partial charge on any atom is -0.457 e. The van der Waals surface area contributed by atoms with Crippen LogP contribution in [0.2, 0.25) is 0 Å². The molecule has 1 aliphatic rings. The SMILES string of the molecule is Cc1cc(C(=O)COC(=O)C2(c3ccccc3)CC2)c(C)n1-c1ccc(S(N)(=O)=O)cc1. The molecule has 2 N–H and O–H groups in total. The molecule has 3 aromatic rings. The third kappa shape index (κ3) is 3.99. The van der Waals surface area contributed by atoms with Crippen LogP contribution in [0.5, 0.6) is 0 Å². The van der Waals surface area contributed by atoms with Gasteiger partial charge in [-0.2, -0.15) is 0 Å². The lowest BCUT2D eigenvalue weighted by molar-refractivity contribution is -0.145. The lowest BCUT2D eigenvalue weighted by atomic mass is 9.96. The highest BCUT2D eigenvalue weighted by Crippen LogP contribution is 2.49. The number of carbonyl (C=O) groups excluding carboxylic acids is 2. The van der Waals surface area contributed by atoms with Crippen LogP contribution in [0.15, 0.2) is 65.6 Å². The molecule has 7 nitrogen and oxygen atoms in total. The largest absolute Gasteiger partial charge is 0.457 e. The number of Topliss-reactive ketones (excluding diaryl/α,β-unsaturated/α-hetero) is 1. The van der Waals surface area contributed by atoms with E-state index in [-0.39, 0.29) is 23.3 Å². The van der Waals surface area contributed by atoms with Crippen molar-refractivity contribution in [3.63, 3.8) is 0 Å². The third-order valence-corrected chi connectivity index (χ3v) is 6.89. The summed E-state index contributed by atoms with van der Waals surface area (Å²) in [6.45, 7) is 3.31. The number of primary sulfonamides is 1. The fraction of sp³-hybridized carbons (Fsp3) is 0.250. The molecule has 166 valence electrons. The molecule has 32 heavy (non-hydrogen) atoms. The number of ether oxygens (including phenoxy) is 1. The molecular formula is C24H24N2O5S. The van der Waals surface area contributed by atoms with Crippen LogP contribution < -0.4 is 5.14 Å². The van der Waals surface area contributed by atoms with E-state index in [2.05, 4.69) is 0 Å². The highest BCUT2D eigenvalue weighted by atomic mass is 32.2. The van der Waals surface area contributed by atoms with Gasteiger partial charge < -0.3 is 9.30 Å². The number of hydrogen-bond acceptors (Lipinski definition) is 5. The van der Waals surface area contributed by atoms with E-state index < -0.39 is 15.4 Å². The second kappa shape index (κ2) is 8.03. The second-order valence-electron chi connectivity index (χ2n) is 8.11. The van der Waals surface area contributed by atoms with Gasteiger partial charge in [0.1, 0.15) is 0 Å². The Balaban J connectivity index is 1.50. The Labute approximate surface area is 186 Å². The molecular weight excluding hydrogens is 428 g/mol. The molecule has 0 spiro atoms. The maximum atomic E-state index is 12.8. The van der Waals surface area contributed by atoms with Crippen LogP contribution in [0.1, 0.15) is 40.2 Å².